The van der Waals surface area contributed by atoms with E-state index >= 15 is 0 Å². The molecule has 104 valence electrons. The predicted octanol–water partition coefficient (Wildman–Crippen LogP) is -0.508. The molecule has 0 aliphatic heterocycles. The third kappa shape index (κ3) is 5.62. The molecule has 4 N–H and O–H groups in total. The number of rotatable bonds is 7. The van der Waals surface area contributed by atoms with Crippen LogP contribution < -0.4 is 11.1 Å². The van der Waals surface area contributed by atoms with Crippen LogP contribution >= 0.6 is 0 Å². The number of nitrogens with two attached hydrogens (primary N) is 1. The van der Waals surface area contributed by atoms with E-state index in [2.05, 4.69) is 10.1 Å². The SMILES string of the molecule is COC(=O)CC[C@@H](NC(=O)[C@H](N)C(C)C)C(=O)O. The summed E-state index contributed by atoms with van der Waals surface area (Å²) in [4.78, 5) is 33.4. The maximum absolute atomic E-state index is 11.6. The zero-order valence-electron chi connectivity index (χ0n) is 10.8. The number of methoxy groups -OCH3 is 1. The van der Waals surface area contributed by atoms with E-state index in [4.69, 9.17) is 10.8 Å². The molecule has 0 fully saturated rings. The minimum absolute atomic E-state index is 0.0292. The van der Waals surface area contributed by atoms with Crippen LogP contribution in [-0.4, -0.2) is 42.1 Å². The molecule has 0 aromatic carbocycles. The molecule has 7 nitrogen and oxygen atoms in total. The van der Waals surface area contributed by atoms with Gasteiger partial charge in [-0.3, -0.25) is 9.59 Å². The van der Waals surface area contributed by atoms with Crippen LogP contribution in [0.2, 0.25) is 0 Å². The van der Waals surface area contributed by atoms with E-state index in [-0.39, 0.29) is 18.8 Å². The molecule has 0 bridgehead atoms. The first-order chi connectivity index (χ1) is 8.29. The molecule has 7 heteroatoms. The number of carboxylic acid groups (broad SMARTS) is 1. The Balaban J connectivity index is 4.41. The fourth-order valence-corrected chi connectivity index (χ4v) is 1.19. The number of ether oxygens (including phenoxy) is 1. The third-order valence-corrected chi connectivity index (χ3v) is 2.50. The Morgan fingerprint density at radius 1 is 1.33 bits per heavy atom. The van der Waals surface area contributed by atoms with Gasteiger partial charge < -0.3 is 20.9 Å². The first-order valence-corrected chi connectivity index (χ1v) is 5.65. The van der Waals surface area contributed by atoms with Crippen molar-refractivity contribution in [2.45, 2.75) is 38.8 Å². The van der Waals surface area contributed by atoms with E-state index in [9.17, 15) is 14.4 Å². The van der Waals surface area contributed by atoms with Crippen molar-refractivity contribution in [3.05, 3.63) is 0 Å². The van der Waals surface area contributed by atoms with Gasteiger partial charge in [-0.2, -0.15) is 0 Å². The molecule has 0 aliphatic rings. The largest absolute Gasteiger partial charge is 0.480 e. The van der Waals surface area contributed by atoms with Crippen molar-refractivity contribution in [1.29, 1.82) is 0 Å². The zero-order chi connectivity index (χ0) is 14.3. The van der Waals surface area contributed by atoms with Gasteiger partial charge in [-0.1, -0.05) is 13.8 Å². The summed E-state index contributed by atoms with van der Waals surface area (Å²) in [5, 5.41) is 11.2. The van der Waals surface area contributed by atoms with E-state index in [0.29, 0.717) is 0 Å². The quantitative estimate of drug-likeness (QED) is 0.530. The lowest BCUT2D eigenvalue weighted by atomic mass is 10.0. The van der Waals surface area contributed by atoms with E-state index in [0.717, 1.165) is 0 Å². The molecular weight excluding hydrogens is 240 g/mol. The highest BCUT2D eigenvalue weighted by Crippen LogP contribution is 2.03. The fraction of sp³-hybridized carbons (Fsp3) is 0.727. The van der Waals surface area contributed by atoms with Gasteiger partial charge in [-0.05, 0) is 12.3 Å². The van der Waals surface area contributed by atoms with Crippen LogP contribution in [-0.2, 0) is 19.1 Å². The number of carbonyl (C=O) groups excluding carboxylic acids is 2. The Labute approximate surface area is 106 Å². The first kappa shape index (κ1) is 16.4. The van der Waals surface area contributed by atoms with Gasteiger partial charge in [-0.15, -0.1) is 0 Å². The Morgan fingerprint density at radius 3 is 2.28 bits per heavy atom. The molecule has 1 amide bonds. The highest BCUT2D eigenvalue weighted by atomic mass is 16.5. The summed E-state index contributed by atoms with van der Waals surface area (Å²) in [5.74, 6) is -2.37. The minimum Gasteiger partial charge on any atom is -0.480 e. The Kier molecular flexibility index (Phi) is 6.96. The van der Waals surface area contributed by atoms with Crippen LogP contribution in [0, 0.1) is 5.92 Å². The lowest BCUT2D eigenvalue weighted by molar-refractivity contribution is -0.144. The molecule has 0 heterocycles. The van der Waals surface area contributed by atoms with Gasteiger partial charge in [0.1, 0.15) is 6.04 Å². The maximum Gasteiger partial charge on any atom is 0.326 e. The number of carbonyl (C=O) groups is 3. The average molecular weight is 260 g/mol. The number of aliphatic carboxylic acids is 1. The van der Waals surface area contributed by atoms with Crippen molar-refractivity contribution in [3.63, 3.8) is 0 Å². The Bertz CT molecular complexity index is 317. The molecule has 0 aromatic heterocycles. The third-order valence-electron chi connectivity index (χ3n) is 2.50. The van der Waals surface area contributed by atoms with Crippen molar-refractivity contribution in [2.75, 3.05) is 7.11 Å². The number of amides is 1. The van der Waals surface area contributed by atoms with Gasteiger partial charge in [0, 0.05) is 6.42 Å². The highest BCUT2D eigenvalue weighted by molar-refractivity contribution is 5.87. The highest BCUT2D eigenvalue weighted by Gasteiger charge is 2.25. The van der Waals surface area contributed by atoms with Crippen LogP contribution in [0.25, 0.3) is 0 Å². The predicted molar refractivity (Wildman–Crippen MR) is 63.6 cm³/mol. The molecule has 18 heavy (non-hydrogen) atoms. The Hall–Kier alpha value is -1.63. The topological polar surface area (TPSA) is 119 Å². The molecule has 0 aromatic rings. The van der Waals surface area contributed by atoms with E-state index < -0.39 is 29.9 Å². The second-order valence-corrected chi connectivity index (χ2v) is 4.28. The number of hydrogen-bond donors (Lipinski definition) is 3. The normalized spacial score (nSPS) is 13.8. The summed E-state index contributed by atoms with van der Waals surface area (Å²) < 4.78 is 4.40. The smallest absolute Gasteiger partial charge is 0.326 e. The molecule has 0 saturated carbocycles. The molecule has 0 spiro atoms. The lowest BCUT2D eigenvalue weighted by Crippen LogP contribution is -2.50. The summed E-state index contributed by atoms with van der Waals surface area (Å²) in [6, 6.07) is -1.91. The van der Waals surface area contributed by atoms with Gasteiger partial charge >= 0.3 is 11.9 Å². The monoisotopic (exact) mass is 260 g/mol. The van der Waals surface area contributed by atoms with Crippen LogP contribution in [0.1, 0.15) is 26.7 Å². The molecule has 0 unspecified atom stereocenters. The molecule has 2 atom stereocenters. The van der Waals surface area contributed by atoms with Crippen LogP contribution in [0.3, 0.4) is 0 Å². The van der Waals surface area contributed by atoms with E-state index in [1.165, 1.54) is 7.11 Å². The summed E-state index contributed by atoms with van der Waals surface area (Å²) >= 11 is 0. The lowest BCUT2D eigenvalue weighted by Gasteiger charge is -2.19. The summed E-state index contributed by atoms with van der Waals surface area (Å²) in [5.41, 5.74) is 5.59. The van der Waals surface area contributed by atoms with Crippen LogP contribution in [0.4, 0.5) is 0 Å². The molecule has 0 radical (unpaired) electrons. The summed E-state index contributed by atoms with van der Waals surface area (Å²) in [6.45, 7) is 3.52. The minimum atomic E-state index is -1.21. The first-order valence-electron chi connectivity index (χ1n) is 5.65. The molecule has 0 rings (SSSR count). The van der Waals surface area contributed by atoms with Gasteiger partial charge in [0.2, 0.25) is 5.91 Å². The van der Waals surface area contributed by atoms with E-state index in [1.54, 1.807) is 13.8 Å². The van der Waals surface area contributed by atoms with Crippen molar-refractivity contribution in [1.82, 2.24) is 5.32 Å². The molecule has 0 saturated heterocycles. The fourth-order valence-electron chi connectivity index (χ4n) is 1.19. The van der Waals surface area contributed by atoms with Crippen molar-refractivity contribution < 1.29 is 24.2 Å². The van der Waals surface area contributed by atoms with Gasteiger partial charge in [-0.25, -0.2) is 4.79 Å². The molecular formula is C11H20N2O5. The Morgan fingerprint density at radius 2 is 1.89 bits per heavy atom. The standard InChI is InChI=1S/C11H20N2O5/c1-6(2)9(12)10(15)13-7(11(16)17)4-5-8(14)18-3/h6-7,9H,4-5,12H2,1-3H3,(H,13,15)(H,16,17)/t7-,9-/m1/s1. The van der Waals surface area contributed by atoms with Crippen molar-refractivity contribution in [3.8, 4) is 0 Å². The summed E-state index contributed by atoms with van der Waals surface area (Å²) in [6.07, 6.45) is -0.108. The summed E-state index contributed by atoms with van der Waals surface area (Å²) in [7, 11) is 1.21. The maximum atomic E-state index is 11.6. The molecule has 0 aliphatic carbocycles. The van der Waals surface area contributed by atoms with Gasteiger partial charge in [0.15, 0.2) is 0 Å². The average Bonchev–Trinajstić information content (AvgIpc) is 2.31. The zero-order valence-corrected chi connectivity index (χ0v) is 10.8. The van der Waals surface area contributed by atoms with Gasteiger partial charge in [0.05, 0.1) is 13.2 Å². The van der Waals surface area contributed by atoms with Crippen LogP contribution in [0.5, 0.6) is 0 Å². The second kappa shape index (κ2) is 7.65. The number of carboxylic acids is 1. The number of hydrogen-bond acceptors (Lipinski definition) is 5. The number of esters is 1. The van der Waals surface area contributed by atoms with E-state index in [1.807, 2.05) is 0 Å². The van der Waals surface area contributed by atoms with Crippen LogP contribution in [0.15, 0.2) is 0 Å². The second-order valence-electron chi connectivity index (χ2n) is 4.28. The van der Waals surface area contributed by atoms with Gasteiger partial charge in [0.25, 0.3) is 0 Å². The van der Waals surface area contributed by atoms with Crippen molar-refractivity contribution >= 4 is 17.8 Å². The number of nitrogens with one attached hydrogen (secondary N) is 1. The van der Waals surface area contributed by atoms with Crippen molar-refractivity contribution in [2.24, 2.45) is 11.7 Å².